The first-order valence-corrected chi connectivity index (χ1v) is 29.7. The minimum absolute atomic E-state index is 0.00348. The Labute approximate surface area is 543 Å². The number of hydrogen-bond acceptors (Lipinski definition) is 12. The van der Waals surface area contributed by atoms with Crippen molar-refractivity contribution in [3.05, 3.63) is 215 Å². The van der Waals surface area contributed by atoms with Crippen LogP contribution >= 0.6 is 0 Å². The normalized spacial score (nSPS) is 16.3. The third-order valence-electron chi connectivity index (χ3n) is 17.1. The van der Waals surface area contributed by atoms with Gasteiger partial charge in [0.05, 0.1) is 77.8 Å². The third kappa shape index (κ3) is 10.7. The van der Waals surface area contributed by atoms with Gasteiger partial charge in [-0.3, -0.25) is 19.2 Å². The Kier molecular flexibility index (Phi) is 12.1. The van der Waals surface area contributed by atoms with E-state index in [1.54, 1.807) is 66.7 Å². The molecule has 0 spiro atoms. The van der Waals surface area contributed by atoms with E-state index < -0.39 is 27.4 Å². The van der Waals surface area contributed by atoms with E-state index in [1.165, 1.54) is 11.6 Å². The Morgan fingerprint density at radius 2 is 0.944 bits per heavy atom. The van der Waals surface area contributed by atoms with Crippen molar-refractivity contribution in [1.82, 2.24) is 19.9 Å². The van der Waals surface area contributed by atoms with Crippen LogP contribution in [-0.2, 0) is 28.2 Å². The molecular weight excluding hydrogens is 1120 g/mol. The second-order valence-electron chi connectivity index (χ2n) is 23.0. The van der Waals surface area contributed by atoms with Crippen LogP contribution in [0, 0.1) is 41.3 Å². The van der Waals surface area contributed by atoms with Crippen LogP contribution in [0.15, 0.2) is 177 Å². The lowest BCUT2D eigenvalue weighted by Crippen LogP contribution is -2.50. The summed E-state index contributed by atoms with van der Waals surface area (Å²) in [6.45, 7) is 3.45. The van der Waals surface area contributed by atoms with E-state index in [1.807, 2.05) is 117 Å². The molecule has 0 fully saturated rings. The Hall–Kier alpha value is -10.2. The molecule has 16 rings (SSSR count). The van der Waals surface area contributed by atoms with E-state index in [4.69, 9.17) is 34.1 Å². The maximum atomic E-state index is 7.69. The zero-order valence-electron chi connectivity index (χ0n) is 63.6. The Balaban J connectivity index is 0.000000122. The molecule has 20 heteroatoms. The van der Waals surface area contributed by atoms with Crippen LogP contribution < -0.4 is 59.8 Å². The first kappa shape index (κ1) is 46.0. The van der Waals surface area contributed by atoms with Gasteiger partial charge in [0.15, 0.2) is 0 Å². The molecule has 0 bridgehead atoms. The summed E-state index contributed by atoms with van der Waals surface area (Å²) in [6.07, 6.45) is 26.7. The molecule has 16 nitrogen and oxygen atoms in total. The Bertz CT molecular complexity index is 5390. The largest absolute Gasteiger partial charge is 0.447 e. The quantitative estimate of drug-likeness (QED) is 0.123. The molecule has 4 aliphatic heterocycles. The van der Waals surface area contributed by atoms with E-state index >= 15 is 0 Å². The van der Waals surface area contributed by atoms with Crippen LogP contribution in [0.4, 0.5) is 23.3 Å². The molecule has 0 unspecified atom stereocenters. The lowest BCUT2D eigenvalue weighted by molar-refractivity contribution is -0.658. The van der Waals surface area contributed by atoms with E-state index in [2.05, 4.69) is 121 Å². The van der Waals surface area contributed by atoms with Gasteiger partial charge in [0.2, 0.25) is 22.9 Å². The topological polar surface area (TPSA) is 133 Å². The van der Waals surface area contributed by atoms with Gasteiger partial charge < -0.3 is 17.7 Å². The molecule has 4 aliphatic rings. The van der Waals surface area contributed by atoms with Crippen molar-refractivity contribution >= 4 is 142 Å². The highest BCUT2D eigenvalue weighted by atomic mass is 16.4. The van der Waals surface area contributed by atoms with Gasteiger partial charge in [-0.25, -0.2) is 38.2 Å². The summed E-state index contributed by atoms with van der Waals surface area (Å²) in [4.78, 5) is 25.5. The molecule has 12 aromatic rings. The number of rotatable bonds is 4. The number of hydrogen-bond donors (Lipinski definition) is 0. The standard InChI is InChI=1S/2C18H19BN3O.2C17H17BN3O/c1-12-5-8-16(21(4)11-12)22-10-9-15-17(19(22)3)14-7-6-13(2)20-18(14)23-15;1-12-10-16(21(4)11-13(12)2)22-9-7-14-15-6-5-8-20-18(15)23-17(14)19(22)3;1-12-6-9-20(3)15(11-12)21-10-7-13-14-5-4-8-19-17(14)22-16(13)18(21)2;1-12-7-8-13-16-14(22-17(13)19-12)9-11-21(18(16)2)15-6-4-5-10-20(15)3/h2*5-11H,1-4H3;2*4-11H,1-3H3/q4*+1/i1D3,2D3;2D3;;1D3. The molecule has 90 heavy (non-hydrogen) atoms. The fourth-order valence-corrected chi connectivity index (χ4v) is 12.4. The summed E-state index contributed by atoms with van der Waals surface area (Å²) < 4.78 is 122. The van der Waals surface area contributed by atoms with Gasteiger partial charge in [-0.2, -0.15) is 0 Å². The van der Waals surface area contributed by atoms with Crippen molar-refractivity contribution in [2.75, 3.05) is 19.2 Å². The van der Waals surface area contributed by atoms with Crippen molar-refractivity contribution < 1.29 is 52.4 Å². The van der Waals surface area contributed by atoms with E-state index in [0.29, 0.717) is 34.2 Å². The number of aryl methyl sites for hydroxylation is 10. The van der Waals surface area contributed by atoms with Crippen LogP contribution in [0.3, 0.4) is 0 Å². The molecule has 0 radical (unpaired) electrons. The van der Waals surface area contributed by atoms with Crippen molar-refractivity contribution in [3.63, 3.8) is 0 Å². The predicted molar refractivity (Wildman–Crippen MR) is 366 cm³/mol. The van der Waals surface area contributed by atoms with Crippen molar-refractivity contribution in [3.8, 4) is 0 Å². The van der Waals surface area contributed by atoms with Gasteiger partial charge in [0.25, 0.3) is 23.3 Å². The van der Waals surface area contributed by atoms with Crippen molar-refractivity contribution in [1.29, 1.82) is 0 Å². The molecule has 444 valence electrons. The van der Waals surface area contributed by atoms with Crippen LogP contribution in [0.5, 0.6) is 0 Å². The fraction of sp³-hybridized carbons (Fsp3) is 0.200. The summed E-state index contributed by atoms with van der Waals surface area (Å²) in [7, 11) is 7.73. The molecule has 0 saturated carbocycles. The number of anilines is 4. The van der Waals surface area contributed by atoms with E-state index in [0.717, 1.165) is 89.5 Å². The molecule has 0 atom stereocenters. The first-order valence-electron chi connectivity index (χ1n) is 35.7. The molecular formula is C70H72B4N12O4+4. The summed E-state index contributed by atoms with van der Waals surface area (Å²) in [6, 6.07) is 30.2. The van der Waals surface area contributed by atoms with Gasteiger partial charge in [0.1, 0.15) is 22.8 Å². The zero-order valence-corrected chi connectivity index (χ0v) is 51.6. The van der Waals surface area contributed by atoms with E-state index in [9.17, 15) is 0 Å². The number of aromatic nitrogens is 8. The highest BCUT2D eigenvalue weighted by Gasteiger charge is 2.42. The van der Waals surface area contributed by atoms with Crippen LogP contribution in [0.1, 0.15) is 72.7 Å². The van der Waals surface area contributed by atoms with Crippen molar-refractivity contribution in [2.45, 2.75) is 68.5 Å². The first-order chi connectivity index (χ1) is 48.2. The summed E-state index contributed by atoms with van der Waals surface area (Å²) in [5, 5.41) is 3.69. The summed E-state index contributed by atoms with van der Waals surface area (Å²) in [5.41, 5.74) is 10.6. The van der Waals surface area contributed by atoms with Gasteiger partial charge in [-0.15, -0.1) is 0 Å². The lowest BCUT2D eigenvalue weighted by Gasteiger charge is -2.22. The van der Waals surface area contributed by atoms with Gasteiger partial charge in [-0.1, -0.05) is 6.07 Å². The maximum absolute atomic E-state index is 7.69. The molecule has 0 saturated heterocycles. The molecule has 0 N–H and O–H groups in total. The zero-order chi connectivity index (χ0) is 72.8. The average Bonchev–Trinajstić information content (AvgIpc) is 1.59. The predicted octanol–water partition coefficient (Wildman–Crippen LogP) is 9.74. The minimum Gasteiger partial charge on any atom is -0.447 e. The average molecular weight is 1200 g/mol. The third-order valence-corrected chi connectivity index (χ3v) is 17.1. The highest BCUT2D eigenvalue weighted by molar-refractivity contribution is 6.80. The molecule has 16 heterocycles. The smallest absolute Gasteiger partial charge is 0.447 e. The maximum Gasteiger partial charge on any atom is 0.447 e. The van der Waals surface area contributed by atoms with Crippen molar-refractivity contribution in [2.24, 2.45) is 28.2 Å². The van der Waals surface area contributed by atoms with Gasteiger partial charge >= 0.3 is 27.4 Å². The monoisotopic (exact) mass is 1200 g/mol. The van der Waals surface area contributed by atoms with Crippen LogP contribution in [0.2, 0.25) is 27.3 Å². The number of nitrogens with zero attached hydrogens (tertiary/aromatic N) is 12. The highest BCUT2D eigenvalue weighted by Crippen LogP contribution is 2.30. The molecule has 0 amide bonds. The molecule has 12 aromatic heterocycles. The number of fused-ring (bicyclic) bond motifs is 12. The van der Waals surface area contributed by atoms with Gasteiger partial charge in [-0.05, 0) is 170 Å². The number of pyridine rings is 8. The Morgan fingerprint density at radius 3 is 1.48 bits per heavy atom. The summed E-state index contributed by atoms with van der Waals surface area (Å²) >= 11 is 0. The Morgan fingerprint density at radius 1 is 0.422 bits per heavy atom. The molecule has 0 aromatic carbocycles. The second-order valence-corrected chi connectivity index (χ2v) is 23.0. The summed E-state index contributed by atoms with van der Waals surface area (Å²) in [5.74, 6) is 5.28. The lowest BCUT2D eigenvalue weighted by atomic mass is 9.54. The SMILES string of the molecule is CB1c2oc3ncccc3c2C=CN1c1cc(C)cc[n+]1C.[2H]C([2H])([2H])c1c[n+](C)c(N2C=Cc3c(oc4ncccc34)B2C)cc1C.[2H]C([2H])([2H])c1ccc(N2C=Cc3oc4nc(C([2H])([2H])[2H])ccc4c3B2C)[n+](C)c1.[2H]C([2H])([2H])c1ccc2c3c(oc2n1)C=CN(c1cccc[n+]1C)B3C. The number of furan rings is 4. The second kappa shape index (κ2) is 23.7. The minimum atomic E-state index is -2.30. The van der Waals surface area contributed by atoms with E-state index in [-0.39, 0.29) is 44.3 Å². The fourth-order valence-electron chi connectivity index (χ4n) is 12.4. The van der Waals surface area contributed by atoms with Crippen LogP contribution in [-0.4, -0.2) is 47.3 Å². The van der Waals surface area contributed by atoms with Crippen LogP contribution in [0.25, 0.3) is 68.7 Å². The van der Waals surface area contributed by atoms with Gasteiger partial charge in [0, 0.05) is 120 Å². The molecule has 0 aliphatic carbocycles.